The molecule has 0 amide bonds. The van der Waals surface area contributed by atoms with Crippen molar-refractivity contribution in [2.24, 2.45) is 0 Å². The van der Waals surface area contributed by atoms with E-state index >= 15 is 0 Å². The molecule has 0 saturated carbocycles. The average molecular weight is 391 g/mol. The lowest BCUT2D eigenvalue weighted by Crippen LogP contribution is -1.94. The second-order valence-electron chi connectivity index (χ2n) is 8.46. The lowest BCUT2D eigenvalue weighted by atomic mass is 9.98. The molecule has 0 unspecified atom stereocenters. The van der Waals surface area contributed by atoms with E-state index in [4.69, 9.17) is 0 Å². The van der Waals surface area contributed by atoms with E-state index in [0.29, 0.717) is 0 Å². The van der Waals surface area contributed by atoms with E-state index in [1.54, 1.807) is 0 Å². The highest BCUT2D eigenvalue weighted by Crippen LogP contribution is 2.15. The minimum Gasteiger partial charge on any atom is -0.0590 e. The van der Waals surface area contributed by atoms with E-state index < -0.39 is 0 Å². The highest BCUT2D eigenvalue weighted by Gasteiger charge is 2.01. The smallest absolute Gasteiger partial charge is 0.00258 e. The first kappa shape index (κ1) is 20.2. The molecule has 0 spiro atoms. The SMILES string of the molecule is Cc1ccc(Cc2ccc(CCc3ccc(Cc4ccc(C)cc4)cc3)cc2)cc1. The maximum absolute atomic E-state index is 2.29. The predicted octanol–water partition coefficient (Wildman–Crippen LogP) is 7.27. The van der Waals surface area contributed by atoms with Gasteiger partial charge in [-0.3, -0.25) is 0 Å². The van der Waals surface area contributed by atoms with Crippen molar-refractivity contribution in [1.82, 2.24) is 0 Å². The van der Waals surface area contributed by atoms with Crippen LogP contribution in [0, 0.1) is 13.8 Å². The molecule has 0 fully saturated rings. The summed E-state index contributed by atoms with van der Waals surface area (Å²) in [7, 11) is 0. The molecule has 4 aromatic carbocycles. The van der Waals surface area contributed by atoms with Crippen LogP contribution >= 0.6 is 0 Å². The summed E-state index contributed by atoms with van der Waals surface area (Å²) in [5, 5.41) is 0. The summed E-state index contributed by atoms with van der Waals surface area (Å²) in [6.07, 6.45) is 4.18. The van der Waals surface area contributed by atoms with E-state index in [-0.39, 0.29) is 0 Å². The zero-order chi connectivity index (χ0) is 20.8. The first-order chi connectivity index (χ1) is 14.6. The highest BCUT2D eigenvalue weighted by molar-refractivity contribution is 5.32. The molecule has 0 heteroatoms. The molecule has 4 aromatic rings. The van der Waals surface area contributed by atoms with Crippen LogP contribution in [0.3, 0.4) is 0 Å². The van der Waals surface area contributed by atoms with Crippen molar-refractivity contribution in [1.29, 1.82) is 0 Å². The molecule has 0 heterocycles. The fourth-order valence-corrected chi connectivity index (χ4v) is 3.82. The van der Waals surface area contributed by atoms with Crippen LogP contribution in [-0.2, 0) is 25.7 Å². The van der Waals surface area contributed by atoms with Gasteiger partial charge in [0, 0.05) is 0 Å². The molecule has 30 heavy (non-hydrogen) atoms. The highest BCUT2D eigenvalue weighted by atomic mass is 14.1. The monoisotopic (exact) mass is 390 g/mol. The molecular formula is C30H30. The van der Waals surface area contributed by atoms with Crippen LogP contribution in [0.1, 0.15) is 44.5 Å². The largest absolute Gasteiger partial charge is 0.0590 e. The van der Waals surface area contributed by atoms with Gasteiger partial charge in [0.1, 0.15) is 0 Å². The van der Waals surface area contributed by atoms with Gasteiger partial charge in [-0.25, -0.2) is 0 Å². The zero-order valence-corrected chi connectivity index (χ0v) is 18.1. The lowest BCUT2D eigenvalue weighted by Gasteiger charge is -2.07. The quantitative estimate of drug-likeness (QED) is 0.311. The molecule has 0 aliphatic carbocycles. The van der Waals surface area contributed by atoms with Crippen LogP contribution in [0.15, 0.2) is 97.1 Å². The second kappa shape index (κ2) is 9.59. The fourth-order valence-electron chi connectivity index (χ4n) is 3.82. The van der Waals surface area contributed by atoms with E-state index in [1.807, 2.05) is 0 Å². The molecule has 0 aromatic heterocycles. The van der Waals surface area contributed by atoms with E-state index in [2.05, 4.69) is 111 Å². The van der Waals surface area contributed by atoms with Crippen molar-refractivity contribution in [3.63, 3.8) is 0 Å². The molecule has 0 saturated heterocycles. The summed E-state index contributed by atoms with van der Waals surface area (Å²) in [6, 6.07) is 35.9. The molecule has 0 nitrogen and oxygen atoms in total. The number of rotatable bonds is 7. The van der Waals surface area contributed by atoms with E-state index in [1.165, 1.54) is 44.5 Å². The lowest BCUT2D eigenvalue weighted by molar-refractivity contribution is 0.956. The fraction of sp³-hybridized carbons (Fsp3) is 0.200. The van der Waals surface area contributed by atoms with Crippen LogP contribution in [0.4, 0.5) is 0 Å². The summed E-state index contributed by atoms with van der Waals surface area (Å²) in [6.45, 7) is 4.27. The first-order valence-electron chi connectivity index (χ1n) is 10.9. The summed E-state index contributed by atoms with van der Waals surface area (Å²) < 4.78 is 0. The standard InChI is InChI=1S/C30H30/c1-23-3-7-27(8-4-23)21-29-17-13-25(14-18-29)11-12-26-15-19-30(20-16-26)22-28-9-5-24(2)6-10-28/h3-10,13-20H,11-12,21-22H2,1-2H3. The molecular weight excluding hydrogens is 360 g/mol. The average Bonchev–Trinajstić information content (AvgIpc) is 2.77. The van der Waals surface area contributed by atoms with Crippen LogP contribution in [0.2, 0.25) is 0 Å². The molecule has 0 bridgehead atoms. The summed E-state index contributed by atoms with van der Waals surface area (Å²) >= 11 is 0. The van der Waals surface area contributed by atoms with E-state index in [9.17, 15) is 0 Å². The van der Waals surface area contributed by atoms with Gasteiger partial charge in [-0.2, -0.15) is 0 Å². The maximum atomic E-state index is 2.29. The summed E-state index contributed by atoms with van der Waals surface area (Å²) in [5.74, 6) is 0. The van der Waals surface area contributed by atoms with Gasteiger partial charge in [0.05, 0.1) is 0 Å². The van der Waals surface area contributed by atoms with Crippen LogP contribution in [0.5, 0.6) is 0 Å². The van der Waals surface area contributed by atoms with Gasteiger partial charge >= 0.3 is 0 Å². The molecule has 0 radical (unpaired) electrons. The molecule has 0 N–H and O–H groups in total. The van der Waals surface area contributed by atoms with Crippen molar-refractivity contribution < 1.29 is 0 Å². The van der Waals surface area contributed by atoms with Gasteiger partial charge in [-0.1, -0.05) is 108 Å². The summed E-state index contributed by atoms with van der Waals surface area (Å²) in [5.41, 5.74) is 11.0. The third-order valence-corrected chi connectivity index (χ3v) is 5.81. The van der Waals surface area contributed by atoms with Gasteiger partial charge in [-0.05, 0) is 72.9 Å². The van der Waals surface area contributed by atoms with Gasteiger partial charge < -0.3 is 0 Å². The number of hydrogen-bond acceptors (Lipinski definition) is 0. The Morgan fingerprint density at radius 2 is 0.567 bits per heavy atom. The Labute approximate surface area is 181 Å². The van der Waals surface area contributed by atoms with Crippen molar-refractivity contribution in [2.45, 2.75) is 39.5 Å². The molecule has 0 atom stereocenters. The van der Waals surface area contributed by atoms with Gasteiger partial charge in [0.15, 0.2) is 0 Å². The van der Waals surface area contributed by atoms with Crippen molar-refractivity contribution >= 4 is 0 Å². The number of benzene rings is 4. The molecule has 0 aliphatic rings. The number of hydrogen-bond donors (Lipinski definition) is 0. The Bertz CT molecular complexity index is 960. The zero-order valence-electron chi connectivity index (χ0n) is 18.1. The Kier molecular flexibility index (Phi) is 6.44. The molecule has 0 aliphatic heterocycles. The van der Waals surface area contributed by atoms with Gasteiger partial charge in [0.2, 0.25) is 0 Å². The minimum atomic E-state index is 1.00. The summed E-state index contributed by atoms with van der Waals surface area (Å²) in [4.78, 5) is 0. The Hall–Kier alpha value is -3.12. The van der Waals surface area contributed by atoms with Crippen molar-refractivity contribution in [3.05, 3.63) is 142 Å². The topological polar surface area (TPSA) is 0 Å². The van der Waals surface area contributed by atoms with Crippen molar-refractivity contribution in [2.75, 3.05) is 0 Å². The van der Waals surface area contributed by atoms with E-state index in [0.717, 1.165) is 25.7 Å². The molecule has 150 valence electrons. The third-order valence-electron chi connectivity index (χ3n) is 5.81. The predicted molar refractivity (Wildman–Crippen MR) is 128 cm³/mol. The Balaban J connectivity index is 1.29. The van der Waals surface area contributed by atoms with Crippen LogP contribution in [-0.4, -0.2) is 0 Å². The number of aryl methyl sites for hydroxylation is 4. The maximum Gasteiger partial charge on any atom is -0.00258 e. The Morgan fingerprint density at radius 1 is 0.333 bits per heavy atom. The van der Waals surface area contributed by atoms with Crippen LogP contribution < -0.4 is 0 Å². The minimum absolute atomic E-state index is 1.00. The van der Waals surface area contributed by atoms with Crippen molar-refractivity contribution in [3.8, 4) is 0 Å². The first-order valence-corrected chi connectivity index (χ1v) is 10.9. The van der Waals surface area contributed by atoms with Crippen LogP contribution in [0.25, 0.3) is 0 Å². The van der Waals surface area contributed by atoms with Gasteiger partial charge in [-0.15, -0.1) is 0 Å². The second-order valence-corrected chi connectivity index (χ2v) is 8.46. The third kappa shape index (κ3) is 5.70. The van der Waals surface area contributed by atoms with Gasteiger partial charge in [0.25, 0.3) is 0 Å². The molecule has 4 rings (SSSR count). The Morgan fingerprint density at radius 3 is 0.867 bits per heavy atom. The normalized spacial score (nSPS) is 10.9.